The van der Waals surface area contributed by atoms with E-state index in [2.05, 4.69) is 10.3 Å². The van der Waals surface area contributed by atoms with Crippen molar-refractivity contribution in [1.29, 1.82) is 0 Å². The molecule has 1 atom stereocenters. The van der Waals surface area contributed by atoms with Crippen LogP contribution in [0.1, 0.15) is 45.5 Å². The third-order valence-electron chi connectivity index (χ3n) is 5.23. The standard InChI is InChI=1S/C25H19Cl3F4N2O/c1-2-15-10-14(5-7-18(15)24(35)34-13-16-4-3-9-33-23(16)28)6-8-19(25(30,31)32)17-11-20(26)22(29)21(27)12-17/h3-12,19H,2,13H2,1H3,(H,34,35)/b8-6+. The second kappa shape index (κ2) is 11.4. The van der Waals surface area contributed by atoms with Gasteiger partial charge >= 0.3 is 6.18 Å². The Morgan fingerprint density at radius 3 is 2.37 bits per heavy atom. The number of hydrogen-bond acceptors (Lipinski definition) is 2. The lowest BCUT2D eigenvalue weighted by Crippen LogP contribution is -2.24. The van der Waals surface area contributed by atoms with Crippen molar-refractivity contribution in [2.75, 3.05) is 0 Å². The number of carbonyl (C=O) groups excluding carboxylic acids is 1. The molecule has 1 heterocycles. The number of benzene rings is 2. The number of nitrogens with one attached hydrogen (secondary N) is 1. The quantitative estimate of drug-likeness (QED) is 0.185. The van der Waals surface area contributed by atoms with Gasteiger partial charge in [0.1, 0.15) is 5.15 Å². The van der Waals surface area contributed by atoms with Gasteiger partial charge in [-0.1, -0.05) is 72.1 Å². The van der Waals surface area contributed by atoms with Gasteiger partial charge in [-0.15, -0.1) is 0 Å². The molecule has 35 heavy (non-hydrogen) atoms. The molecule has 0 saturated carbocycles. The second-order valence-electron chi connectivity index (χ2n) is 7.58. The van der Waals surface area contributed by atoms with E-state index in [9.17, 15) is 22.4 Å². The van der Waals surface area contributed by atoms with Crippen LogP contribution in [0, 0.1) is 5.82 Å². The van der Waals surface area contributed by atoms with Crippen LogP contribution in [0.4, 0.5) is 17.6 Å². The van der Waals surface area contributed by atoms with Crippen LogP contribution < -0.4 is 5.32 Å². The summed E-state index contributed by atoms with van der Waals surface area (Å²) in [6, 6.07) is 9.99. The minimum Gasteiger partial charge on any atom is -0.348 e. The van der Waals surface area contributed by atoms with Crippen LogP contribution >= 0.6 is 34.8 Å². The molecule has 184 valence electrons. The zero-order valence-corrected chi connectivity index (χ0v) is 20.5. The van der Waals surface area contributed by atoms with Gasteiger partial charge in [0.25, 0.3) is 5.91 Å². The molecule has 0 aliphatic heterocycles. The Labute approximate surface area is 214 Å². The first-order chi connectivity index (χ1) is 16.5. The number of hydrogen-bond donors (Lipinski definition) is 1. The molecule has 1 aromatic heterocycles. The molecule has 1 N–H and O–H groups in total. The number of pyridine rings is 1. The summed E-state index contributed by atoms with van der Waals surface area (Å²) in [4.78, 5) is 16.7. The second-order valence-corrected chi connectivity index (χ2v) is 8.76. The summed E-state index contributed by atoms with van der Waals surface area (Å²) >= 11 is 17.4. The summed E-state index contributed by atoms with van der Waals surface area (Å²) in [6.45, 7) is 2.00. The van der Waals surface area contributed by atoms with E-state index in [0.29, 0.717) is 28.7 Å². The van der Waals surface area contributed by atoms with Gasteiger partial charge in [-0.3, -0.25) is 4.79 Å². The van der Waals surface area contributed by atoms with Crippen molar-refractivity contribution in [3.05, 3.63) is 104 Å². The van der Waals surface area contributed by atoms with Crippen LogP contribution in [-0.4, -0.2) is 17.1 Å². The summed E-state index contributed by atoms with van der Waals surface area (Å²) in [5, 5.41) is 2.07. The van der Waals surface area contributed by atoms with E-state index in [1.165, 1.54) is 12.3 Å². The van der Waals surface area contributed by atoms with Crippen molar-refractivity contribution in [2.45, 2.75) is 32.0 Å². The molecule has 1 amide bonds. The Bertz CT molecular complexity index is 1240. The number of aryl methyl sites for hydroxylation is 1. The maximum absolute atomic E-state index is 13.7. The van der Waals surface area contributed by atoms with Crippen molar-refractivity contribution in [3.8, 4) is 0 Å². The molecule has 0 saturated heterocycles. The van der Waals surface area contributed by atoms with Gasteiger partial charge in [-0.25, -0.2) is 9.37 Å². The maximum Gasteiger partial charge on any atom is 0.399 e. The van der Waals surface area contributed by atoms with Gasteiger partial charge in [0, 0.05) is 23.9 Å². The van der Waals surface area contributed by atoms with Gasteiger partial charge in [0.05, 0.1) is 16.0 Å². The molecule has 3 nitrogen and oxygen atoms in total. The van der Waals surface area contributed by atoms with Gasteiger partial charge < -0.3 is 5.32 Å². The fourth-order valence-electron chi connectivity index (χ4n) is 3.42. The fourth-order valence-corrected chi connectivity index (χ4v) is 4.11. The molecule has 0 aliphatic carbocycles. The number of alkyl halides is 3. The van der Waals surface area contributed by atoms with Crippen molar-refractivity contribution >= 4 is 46.8 Å². The summed E-state index contributed by atoms with van der Waals surface area (Å²) in [5.74, 6) is -3.38. The van der Waals surface area contributed by atoms with E-state index >= 15 is 0 Å². The van der Waals surface area contributed by atoms with Crippen molar-refractivity contribution in [3.63, 3.8) is 0 Å². The Morgan fingerprint density at radius 1 is 1.09 bits per heavy atom. The van der Waals surface area contributed by atoms with Gasteiger partial charge in [-0.2, -0.15) is 13.2 Å². The zero-order valence-electron chi connectivity index (χ0n) is 18.3. The highest BCUT2D eigenvalue weighted by Gasteiger charge is 2.39. The molecule has 10 heteroatoms. The molecule has 0 spiro atoms. The zero-order chi connectivity index (χ0) is 25.8. The Balaban J connectivity index is 1.83. The van der Waals surface area contributed by atoms with E-state index in [1.807, 2.05) is 6.92 Å². The number of halogens is 7. The first-order valence-corrected chi connectivity index (χ1v) is 11.5. The monoisotopic (exact) mass is 544 g/mol. The number of allylic oxidation sites excluding steroid dienone is 1. The summed E-state index contributed by atoms with van der Waals surface area (Å²) < 4.78 is 54.9. The highest BCUT2D eigenvalue weighted by Crippen LogP contribution is 2.39. The molecule has 3 rings (SSSR count). The number of carbonyl (C=O) groups is 1. The van der Waals surface area contributed by atoms with Crippen LogP contribution in [0.2, 0.25) is 15.2 Å². The average molecular weight is 546 g/mol. The predicted octanol–water partition coefficient (Wildman–Crippen LogP) is 8.03. The van der Waals surface area contributed by atoms with Gasteiger partial charge in [0.2, 0.25) is 0 Å². The first kappa shape index (κ1) is 27.0. The molecule has 0 fully saturated rings. The largest absolute Gasteiger partial charge is 0.399 e. The molecular formula is C25H19Cl3F4N2O. The molecule has 0 aliphatic rings. The average Bonchev–Trinajstić information content (AvgIpc) is 2.80. The Kier molecular flexibility index (Phi) is 8.80. The molecule has 1 unspecified atom stereocenters. The fraction of sp³-hybridized carbons (Fsp3) is 0.200. The SMILES string of the molecule is CCc1cc(/C=C/C(c2cc(Cl)c(F)c(Cl)c2)C(F)(F)F)ccc1C(=O)NCc1cccnc1Cl. The highest BCUT2D eigenvalue weighted by molar-refractivity contribution is 6.35. The minimum atomic E-state index is -4.66. The third-order valence-corrected chi connectivity index (χ3v) is 6.12. The van der Waals surface area contributed by atoms with E-state index in [1.54, 1.807) is 30.3 Å². The molecule has 2 aromatic carbocycles. The minimum absolute atomic E-state index is 0.173. The lowest BCUT2D eigenvalue weighted by atomic mass is 9.95. The number of nitrogens with zero attached hydrogens (tertiary/aromatic N) is 1. The van der Waals surface area contributed by atoms with Crippen LogP contribution in [0.3, 0.4) is 0 Å². The van der Waals surface area contributed by atoms with Crippen molar-refractivity contribution < 1.29 is 22.4 Å². The first-order valence-electron chi connectivity index (χ1n) is 10.4. The summed E-state index contributed by atoms with van der Waals surface area (Å²) in [6.07, 6.45) is -0.415. The highest BCUT2D eigenvalue weighted by atomic mass is 35.5. The van der Waals surface area contributed by atoms with Crippen LogP contribution in [0.5, 0.6) is 0 Å². The van der Waals surface area contributed by atoms with E-state index in [0.717, 1.165) is 18.2 Å². The molecule has 0 bridgehead atoms. The van der Waals surface area contributed by atoms with E-state index in [4.69, 9.17) is 34.8 Å². The molecule has 0 radical (unpaired) electrons. The third kappa shape index (κ3) is 6.75. The Morgan fingerprint density at radius 2 is 1.77 bits per heavy atom. The van der Waals surface area contributed by atoms with Crippen molar-refractivity contribution in [1.82, 2.24) is 10.3 Å². The number of rotatable bonds is 7. The molecule has 3 aromatic rings. The van der Waals surface area contributed by atoms with E-state index < -0.39 is 28.0 Å². The van der Waals surface area contributed by atoms with Crippen LogP contribution in [-0.2, 0) is 13.0 Å². The normalized spacial score (nSPS) is 12.7. The van der Waals surface area contributed by atoms with Crippen LogP contribution in [0.15, 0.2) is 54.7 Å². The summed E-state index contributed by atoms with van der Waals surface area (Å²) in [7, 11) is 0. The smallest absolute Gasteiger partial charge is 0.348 e. The number of aromatic nitrogens is 1. The maximum atomic E-state index is 13.7. The number of amides is 1. The van der Waals surface area contributed by atoms with Crippen LogP contribution in [0.25, 0.3) is 6.08 Å². The predicted molar refractivity (Wildman–Crippen MR) is 130 cm³/mol. The van der Waals surface area contributed by atoms with Gasteiger partial charge in [0.15, 0.2) is 5.82 Å². The lowest BCUT2D eigenvalue weighted by Gasteiger charge is -2.18. The summed E-state index contributed by atoms with van der Waals surface area (Å²) in [5.41, 5.74) is 1.87. The van der Waals surface area contributed by atoms with E-state index in [-0.39, 0.29) is 23.2 Å². The Hall–Kier alpha value is -2.61. The van der Waals surface area contributed by atoms with Crippen molar-refractivity contribution in [2.24, 2.45) is 0 Å². The van der Waals surface area contributed by atoms with Gasteiger partial charge in [-0.05, 0) is 47.4 Å². The molecular weight excluding hydrogens is 527 g/mol. The lowest BCUT2D eigenvalue weighted by molar-refractivity contribution is -0.139. The topological polar surface area (TPSA) is 42.0 Å².